The SMILES string of the molecule is C[C@H](c1nc(N)nc(N(C)C)n1)N1CCN(C(=O)[C@@H]2COc3ccccc3O2)CC1. The zero-order chi connectivity index (χ0) is 21.3. The van der Waals surface area contributed by atoms with Crippen molar-refractivity contribution in [2.75, 3.05) is 57.5 Å². The third kappa shape index (κ3) is 4.09. The second-order valence-electron chi connectivity index (χ2n) is 7.65. The smallest absolute Gasteiger partial charge is 0.267 e. The Labute approximate surface area is 175 Å². The number of fused-ring (bicyclic) bond motifs is 1. The van der Waals surface area contributed by atoms with Crippen molar-refractivity contribution < 1.29 is 14.3 Å². The molecule has 4 rings (SSSR count). The second-order valence-corrected chi connectivity index (χ2v) is 7.65. The Morgan fingerprint density at radius 3 is 2.53 bits per heavy atom. The van der Waals surface area contributed by atoms with E-state index in [1.807, 2.05) is 50.2 Å². The number of amides is 1. The minimum Gasteiger partial charge on any atom is -0.485 e. The first-order chi connectivity index (χ1) is 14.4. The molecule has 2 atom stereocenters. The van der Waals surface area contributed by atoms with Crippen LogP contribution in [-0.2, 0) is 4.79 Å². The van der Waals surface area contributed by atoms with Crippen LogP contribution in [0.2, 0.25) is 0 Å². The van der Waals surface area contributed by atoms with E-state index < -0.39 is 6.10 Å². The molecule has 10 nitrogen and oxygen atoms in total. The normalized spacial score (nSPS) is 20.0. The van der Waals surface area contributed by atoms with Gasteiger partial charge in [0, 0.05) is 40.3 Å². The average molecular weight is 413 g/mol. The molecule has 0 saturated carbocycles. The number of hydrogen-bond acceptors (Lipinski definition) is 9. The third-order valence-corrected chi connectivity index (χ3v) is 5.39. The van der Waals surface area contributed by atoms with Gasteiger partial charge in [-0.05, 0) is 19.1 Å². The Hall–Kier alpha value is -3.14. The van der Waals surface area contributed by atoms with Crippen LogP contribution >= 0.6 is 0 Å². The summed E-state index contributed by atoms with van der Waals surface area (Å²) in [6.07, 6.45) is -0.616. The Kier molecular flexibility index (Phi) is 5.58. The summed E-state index contributed by atoms with van der Waals surface area (Å²) in [5, 5.41) is 0. The van der Waals surface area contributed by atoms with Gasteiger partial charge in [0.15, 0.2) is 17.3 Å². The fourth-order valence-corrected chi connectivity index (χ4v) is 3.62. The molecule has 0 unspecified atom stereocenters. The number of aromatic nitrogens is 3. The van der Waals surface area contributed by atoms with Crippen LogP contribution in [0.15, 0.2) is 24.3 Å². The van der Waals surface area contributed by atoms with Gasteiger partial charge >= 0.3 is 0 Å². The molecule has 2 aliphatic rings. The van der Waals surface area contributed by atoms with Gasteiger partial charge in [0.05, 0.1) is 6.04 Å². The van der Waals surface area contributed by atoms with Crippen molar-refractivity contribution in [3.8, 4) is 11.5 Å². The van der Waals surface area contributed by atoms with E-state index in [9.17, 15) is 4.79 Å². The van der Waals surface area contributed by atoms with Gasteiger partial charge in [-0.15, -0.1) is 0 Å². The number of para-hydroxylation sites is 2. The first kappa shape index (κ1) is 20.1. The Morgan fingerprint density at radius 2 is 1.83 bits per heavy atom. The van der Waals surface area contributed by atoms with E-state index in [4.69, 9.17) is 15.2 Å². The summed E-state index contributed by atoms with van der Waals surface area (Å²) < 4.78 is 11.5. The largest absolute Gasteiger partial charge is 0.485 e. The van der Waals surface area contributed by atoms with E-state index in [1.165, 1.54) is 0 Å². The number of nitrogens with two attached hydrogens (primary N) is 1. The zero-order valence-corrected chi connectivity index (χ0v) is 17.5. The number of carbonyl (C=O) groups excluding carboxylic acids is 1. The molecule has 30 heavy (non-hydrogen) atoms. The number of benzene rings is 1. The average Bonchev–Trinajstić information content (AvgIpc) is 2.77. The molecule has 0 spiro atoms. The molecule has 1 saturated heterocycles. The molecular weight excluding hydrogens is 386 g/mol. The van der Waals surface area contributed by atoms with Gasteiger partial charge < -0.3 is 25.0 Å². The highest BCUT2D eigenvalue weighted by molar-refractivity contribution is 5.82. The minimum atomic E-state index is -0.616. The lowest BCUT2D eigenvalue weighted by molar-refractivity contribution is -0.143. The molecule has 1 amide bonds. The Bertz CT molecular complexity index is 915. The molecule has 10 heteroatoms. The Balaban J connectivity index is 1.36. The van der Waals surface area contributed by atoms with Crippen LogP contribution < -0.4 is 20.1 Å². The summed E-state index contributed by atoms with van der Waals surface area (Å²) >= 11 is 0. The van der Waals surface area contributed by atoms with Gasteiger partial charge in [0.25, 0.3) is 5.91 Å². The maximum atomic E-state index is 12.9. The summed E-state index contributed by atoms with van der Waals surface area (Å²) in [5.41, 5.74) is 5.86. The summed E-state index contributed by atoms with van der Waals surface area (Å²) in [7, 11) is 3.73. The molecule has 1 aromatic heterocycles. The lowest BCUT2D eigenvalue weighted by atomic mass is 10.2. The van der Waals surface area contributed by atoms with Crippen molar-refractivity contribution in [2.45, 2.75) is 19.1 Å². The van der Waals surface area contributed by atoms with Crippen LogP contribution in [0, 0.1) is 0 Å². The summed E-state index contributed by atoms with van der Waals surface area (Å²) in [4.78, 5) is 31.8. The highest BCUT2D eigenvalue weighted by Crippen LogP contribution is 2.31. The molecule has 3 heterocycles. The second kappa shape index (κ2) is 8.31. The van der Waals surface area contributed by atoms with Gasteiger partial charge in [-0.3, -0.25) is 9.69 Å². The number of rotatable bonds is 4. The fourth-order valence-electron chi connectivity index (χ4n) is 3.62. The van der Waals surface area contributed by atoms with Gasteiger partial charge in [-0.2, -0.15) is 15.0 Å². The minimum absolute atomic E-state index is 0.0348. The molecule has 2 N–H and O–H groups in total. The number of ether oxygens (including phenoxy) is 2. The van der Waals surface area contributed by atoms with Gasteiger partial charge in [0.1, 0.15) is 6.61 Å². The van der Waals surface area contributed by atoms with Gasteiger partial charge in [0.2, 0.25) is 18.0 Å². The van der Waals surface area contributed by atoms with Crippen LogP contribution in [-0.4, -0.2) is 83.6 Å². The molecule has 2 aliphatic heterocycles. The topological polar surface area (TPSA) is 110 Å². The monoisotopic (exact) mass is 413 g/mol. The van der Waals surface area contributed by atoms with Crippen LogP contribution in [0.25, 0.3) is 0 Å². The quantitative estimate of drug-likeness (QED) is 0.769. The molecule has 160 valence electrons. The van der Waals surface area contributed by atoms with E-state index in [1.54, 1.807) is 4.90 Å². The van der Waals surface area contributed by atoms with E-state index in [2.05, 4.69) is 19.9 Å². The van der Waals surface area contributed by atoms with Gasteiger partial charge in [-0.25, -0.2) is 0 Å². The summed E-state index contributed by atoms with van der Waals surface area (Å²) in [5.74, 6) is 2.61. The van der Waals surface area contributed by atoms with Crippen molar-refractivity contribution in [1.29, 1.82) is 0 Å². The molecule has 0 aliphatic carbocycles. The molecule has 0 radical (unpaired) electrons. The number of carbonyl (C=O) groups is 1. The molecular formula is C20H27N7O3. The van der Waals surface area contributed by atoms with Crippen LogP contribution in [0.4, 0.5) is 11.9 Å². The number of nitrogen functional groups attached to an aromatic ring is 1. The van der Waals surface area contributed by atoms with Crippen molar-refractivity contribution in [2.24, 2.45) is 0 Å². The van der Waals surface area contributed by atoms with E-state index in [0.717, 1.165) is 0 Å². The number of piperazine rings is 1. The predicted octanol–water partition coefficient (Wildman–Crippen LogP) is 0.565. The molecule has 2 aromatic rings. The Morgan fingerprint density at radius 1 is 1.13 bits per heavy atom. The first-order valence-electron chi connectivity index (χ1n) is 10.0. The predicted molar refractivity (Wildman–Crippen MR) is 111 cm³/mol. The third-order valence-electron chi connectivity index (χ3n) is 5.39. The maximum Gasteiger partial charge on any atom is 0.267 e. The fraction of sp³-hybridized carbons (Fsp3) is 0.500. The standard InChI is InChI=1S/C20H27N7O3/c1-13(17-22-19(21)24-20(23-17)25(2)3)26-8-10-27(11-9-26)18(28)16-12-29-14-6-4-5-7-15(14)30-16/h4-7,13,16H,8-12H2,1-3H3,(H2,21,22,23,24)/t13-,16+/m1/s1. The highest BCUT2D eigenvalue weighted by Gasteiger charge is 2.34. The lowest BCUT2D eigenvalue weighted by Gasteiger charge is -2.39. The van der Waals surface area contributed by atoms with Gasteiger partial charge in [-0.1, -0.05) is 12.1 Å². The summed E-state index contributed by atoms with van der Waals surface area (Å²) in [6, 6.07) is 7.37. The van der Waals surface area contributed by atoms with Crippen molar-refractivity contribution in [3.63, 3.8) is 0 Å². The van der Waals surface area contributed by atoms with E-state index in [0.29, 0.717) is 49.5 Å². The highest BCUT2D eigenvalue weighted by atomic mass is 16.6. The molecule has 1 aromatic carbocycles. The molecule has 0 bridgehead atoms. The van der Waals surface area contributed by atoms with Crippen molar-refractivity contribution in [1.82, 2.24) is 24.8 Å². The maximum absolute atomic E-state index is 12.9. The summed E-state index contributed by atoms with van der Waals surface area (Å²) in [6.45, 7) is 4.89. The molecule has 1 fully saturated rings. The zero-order valence-electron chi connectivity index (χ0n) is 17.5. The number of nitrogens with zero attached hydrogens (tertiary/aromatic N) is 6. The van der Waals surface area contributed by atoms with Crippen molar-refractivity contribution in [3.05, 3.63) is 30.1 Å². The number of anilines is 2. The first-order valence-corrected chi connectivity index (χ1v) is 10.0. The van der Waals surface area contributed by atoms with E-state index in [-0.39, 0.29) is 24.5 Å². The van der Waals surface area contributed by atoms with Crippen LogP contribution in [0.5, 0.6) is 11.5 Å². The van der Waals surface area contributed by atoms with Crippen LogP contribution in [0.3, 0.4) is 0 Å². The van der Waals surface area contributed by atoms with Crippen LogP contribution in [0.1, 0.15) is 18.8 Å². The number of hydrogen-bond donors (Lipinski definition) is 1. The van der Waals surface area contributed by atoms with E-state index >= 15 is 0 Å². The van der Waals surface area contributed by atoms with Crippen molar-refractivity contribution >= 4 is 17.8 Å². The lowest BCUT2D eigenvalue weighted by Crippen LogP contribution is -2.54.